The minimum atomic E-state index is -4.17. The molecule has 0 spiro atoms. The zero-order chi connectivity index (χ0) is 29.4. The third-order valence-corrected chi connectivity index (χ3v) is 9.73. The van der Waals surface area contributed by atoms with Gasteiger partial charge < -0.3 is 23.9 Å². The lowest BCUT2D eigenvalue weighted by atomic mass is 9.98. The van der Waals surface area contributed by atoms with Gasteiger partial charge in [0.1, 0.15) is 21.7 Å². The number of β-lactam (4-membered cyclic amide) rings is 1. The maximum atomic E-state index is 13.3. The molecule has 2 aliphatic heterocycles. The number of carboxylic acids is 1. The number of carboxylic acid groups (broad SMARTS) is 1. The van der Waals surface area contributed by atoms with Gasteiger partial charge in [-0.25, -0.2) is 9.48 Å². The van der Waals surface area contributed by atoms with Crippen LogP contribution in [0.15, 0.2) is 62.2 Å². The summed E-state index contributed by atoms with van der Waals surface area (Å²) < 4.78 is 41.6. The molecule has 0 saturated carbocycles. The summed E-state index contributed by atoms with van der Waals surface area (Å²) in [5, 5.41) is 26.7. The first kappa shape index (κ1) is 28.6. The van der Waals surface area contributed by atoms with Gasteiger partial charge >= 0.3 is 16.1 Å². The summed E-state index contributed by atoms with van der Waals surface area (Å²) in [6.07, 6.45) is -0.438. The summed E-state index contributed by atoms with van der Waals surface area (Å²) >= 11 is 2.45. The molecular weight excluding hydrogens is 602 g/mol. The molecule has 16 nitrogen and oxygen atoms in total. The zero-order valence-corrected chi connectivity index (χ0v) is 23.7. The van der Waals surface area contributed by atoms with Gasteiger partial charge in [0.2, 0.25) is 11.1 Å². The number of rotatable bonds is 11. The van der Waals surface area contributed by atoms with Crippen molar-refractivity contribution in [3.05, 3.63) is 53.4 Å². The Morgan fingerprint density at radius 2 is 2.07 bits per heavy atom. The topological polar surface area (TPSA) is 209 Å². The molecule has 1 aromatic carbocycles. The van der Waals surface area contributed by atoms with Crippen LogP contribution >= 0.6 is 23.5 Å². The number of methoxy groups -OCH3 is 1. The second-order valence-electron chi connectivity index (χ2n) is 8.62. The molecule has 2 atom stereocenters. The summed E-state index contributed by atoms with van der Waals surface area (Å²) in [5.41, 5.74) is -1.54. The fourth-order valence-corrected chi connectivity index (χ4v) is 7.44. The fourth-order valence-electron chi connectivity index (χ4n) is 4.12. The number of ether oxygens (including phenoxy) is 1. The molecule has 2 N–H and O–H groups in total. The van der Waals surface area contributed by atoms with Crippen LogP contribution in [-0.4, -0.2) is 91.3 Å². The minimum absolute atomic E-state index is 0.0457. The second kappa shape index (κ2) is 11.1. The predicted molar refractivity (Wildman–Crippen MR) is 140 cm³/mol. The molecule has 2 aromatic heterocycles. The number of thioether (sulfide) groups is 2. The summed E-state index contributed by atoms with van der Waals surface area (Å²) in [4.78, 5) is 39.3. The van der Waals surface area contributed by atoms with Gasteiger partial charge in [-0.05, 0) is 33.3 Å². The van der Waals surface area contributed by atoms with E-state index in [2.05, 4.69) is 26.0 Å². The average molecular weight is 624 g/mol. The molecule has 3 aromatic rings. The van der Waals surface area contributed by atoms with Crippen molar-refractivity contribution < 1.29 is 41.4 Å². The van der Waals surface area contributed by atoms with Crippen LogP contribution in [0.3, 0.4) is 0 Å². The van der Waals surface area contributed by atoms with Crippen molar-refractivity contribution in [3.63, 3.8) is 0 Å². The van der Waals surface area contributed by atoms with E-state index in [-0.39, 0.29) is 33.7 Å². The highest BCUT2D eigenvalue weighted by Gasteiger charge is 2.66. The number of carbonyl (C=O) groups is 3. The van der Waals surface area contributed by atoms with Gasteiger partial charge in [0.25, 0.3) is 17.5 Å². The van der Waals surface area contributed by atoms with E-state index in [0.29, 0.717) is 10.7 Å². The van der Waals surface area contributed by atoms with E-state index >= 15 is 0 Å². The zero-order valence-electron chi connectivity index (χ0n) is 21.3. The summed E-state index contributed by atoms with van der Waals surface area (Å²) in [6, 6.07) is 8.52. The Hall–Kier alpha value is -3.94. The maximum Gasteiger partial charge on any atom is 0.352 e. The highest BCUT2D eigenvalue weighted by atomic mass is 32.2. The molecule has 2 amide bonds. The number of aryl methyl sites for hydroxylation is 1. The monoisotopic (exact) mass is 623 g/mol. The predicted octanol–water partition coefficient (Wildman–Crippen LogP) is 0.0133. The Morgan fingerprint density at radius 3 is 2.73 bits per heavy atom. The standard InChI is InChI=1S/C22H21N7O9S3/c1-28-21(24-26-27-28)40-11-12-10-39-20-22(36-2,19(33)29(20)17(12)18(31)32)23-15(30)8-13-9-16(25-37-13)38-41(34,35)14-6-4-3-5-7-14/h3-7,9,20H,8,10-11H2,1-2H3,(H,23,30)(H,31,32)/t20-,22+/m1/s1. The number of nitrogens with one attached hydrogen (secondary N) is 1. The van der Waals surface area contributed by atoms with Crippen LogP contribution in [0, 0.1) is 0 Å². The van der Waals surface area contributed by atoms with Gasteiger partial charge in [0, 0.05) is 31.7 Å². The van der Waals surface area contributed by atoms with E-state index in [1.54, 1.807) is 13.1 Å². The molecule has 0 unspecified atom stereocenters. The molecular formula is C22H21N7O9S3. The summed E-state index contributed by atoms with van der Waals surface area (Å²) in [7, 11) is -1.30. The van der Waals surface area contributed by atoms with E-state index in [4.69, 9.17) is 13.4 Å². The van der Waals surface area contributed by atoms with Crippen LogP contribution < -0.4 is 9.50 Å². The van der Waals surface area contributed by atoms with Gasteiger partial charge in [-0.1, -0.05) is 30.0 Å². The van der Waals surface area contributed by atoms with Crippen molar-refractivity contribution in [2.24, 2.45) is 7.05 Å². The van der Waals surface area contributed by atoms with E-state index in [9.17, 15) is 27.9 Å². The quantitative estimate of drug-likeness (QED) is 0.125. The van der Waals surface area contributed by atoms with E-state index in [1.165, 1.54) is 59.6 Å². The van der Waals surface area contributed by atoms with Crippen molar-refractivity contribution in [1.29, 1.82) is 0 Å². The van der Waals surface area contributed by atoms with E-state index in [1.807, 2.05) is 0 Å². The van der Waals surface area contributed by atoms with Crippen LogP contribution in [0.4, 0.5) is 0 Å². The first-order valence-corrected chi connectivity index (χ1v) is 15.1. The first-order valence-electron chi connectivity index (χ1n) is 11.6. The molecule has 4 heterocycles. The van der Waals surface area contributed by atoms with Crippen LogP contribution in [0.2, 0.25) is 0 Å². The van der Waals surface area contributed by atoms with E-state index in [0.717, 1.165) is 11.0 Å². The maximum absolute atomic E-state index is 13.3. The molecule has 1 saturated heterocycles. The van der Waals surface area contributed by atoms with Gasteiger partial charge in [-0.15, -0.1) is 16.9 Å². The highest BCUT2D eigenvalue weighted by molar-refractivity contribution is 8.01. The number of carbonyl (C=O) groups excluding carboxylic acids is 2. The lowest BCUT2D eigenvalue weighted by Gasteiger charge is -2.55. The Labute approximate surface area is 240 Å². The average Bonchev–Trinajstić information content (AvgIpc) is 3.57. The first-order chi connectivity index (χ1) is 19.6. The van der Waals surface area contributed by atoms with Crippen LogP contribution in [-0.2, 0) is 42.7 Å². The molecule has 5 rings (SSSR count). The van der Waals surface area contributed by atoms with Crippen molar-refractivity contribution in [2.45, 2.75) is 27.6 Å². The summed E-state index contributed by atoms with van der Waals surface area (Å²) in [6.45, 7) is 0. The smallest absolute Gasteiger partial charge is 0.352 e. The van der Waals surface area contributed by atoms with Gasteiger partial charge in [-0.2, -0.15) is 8.42 Å². The van der Waals surface area contributed by atoms with Gasteiger partial charge in [-0.3, -0.25) is 14.5 Å². The molecule has 41 heavy (non-hydrogen) atoms. The highest BCUT2D eigenvalue weighted by Crippen LogP contribution is 2.47. The Kier molecular flexibility index (Phi) is 7.77. The second-order valence-corrected chi connectivity index (χ2v) is 12.2. The third-order valence-electron chi connectivity index (χ3n) is 6.02. The van der Waals surface area contributed by atoms with Gasteiger partial charge in [0.05, 0.1) is 6.42 Å². The normalized spacial score (nSPS) is 20.4. The molecule has 19 heteroatoms. The van der Waals surface area contributed by atoms with Crippen molar-refractivity contribution in [3.8, 4) is 5.88 Å². The molecule has 2 aliphatic rings. The number of aromatic nitrogens is 5. The van der Waals surface area contributed by atoms with E-state index < -0.39 is 45.4 Å². The number of benzene rings is 1. The molecule has 0 aliphatic carbocycles. The van der Waals surface area contributed by atoms with Gasteiger partial charge in [0.15, 0.2) is 0 Å². The third kappa shape index (κ3) is 5.39. The summed E-state index contributed by atoms with van der Waals surface area (Å²) in [5.74, 6) is -2.74. The van der Waals surface area contributed by atoms with Crippen molar-refractivity contribution >= 4 is 51.4 Å². The fraction of sp³-hybridized carbons (Fsp3) is 0.318. The molecule has 1 fully saturated rings. The van der Waals surface area contributed by atoms with Crippen molar-refractivity contribution in [1.82, 2.24) is 35.6 Å². The number of hydrogen-bond donors (Lipinski definition) is 2. The Bertz CT molecular complexity index is 1640. The van der Waals surface area contributed by atoms with Crippen LogP contribution in [0.5, 0.6) is 5.88 Å². The molecule has 0 bridgehead atoms. The SMILES string of the molecule is CO[C@@]1(NC(=O)Cc2cc(OS(=O)(=O)c3ccccc3)no2)C(=O)N2C(C(=O)O)=C(CSc3nnnn3C)CS[C@@H]21. The lowest BCUT2D eigenvalue weighted by molar-refractivity contribution is -0.192. The number of tetrazole rings is 1. The Balaban J connectivity index is 1.26. The Morgan fingerprint density at radius 1 is 1.32 bits per heavy atom. The van der Waals surface area contributed by atoms with Crippen LogP contribution in [0.1, 0.15) is 5.76 Å². The van der Waals surface area contributed by atoms with Crippen LogP contribution in [0.25, 0.3) is 0 Å². The number of fused-ring (bicyclic) bond motifs is 1. The number of hydrogen-bond acceptors (Lipinski definition) is 14. The number of nitrogens with zero attached hydrogens (tertiary/aromatic N) is 6. The number of aliphatic carboxylic acids is 1. The minimum Gasteiger partial charge on any atom is -0.477 e. The lowest BCUT2D eigenvalue weighted by Crippen LogP contribution is -2.80. The van der Waals surface area contributed by atoms with Crippen molar-refractivity contribution in [2.75, 3.05) is 18.6 Å². The number of amides is 2. The molecule has 216 valence electrons. The molecule has 0 radical (unpaired) electrons. The largest absolute Gasteiger partial charge is 0.477 e.